The predicted molar refractivity (Wildman–Crippen MR) is 105 cm³/mol. The van der Waals surface area contributed by atoms with Crippen molar-refractivity contribution in [2.45, 2.75) is 6.18 Å². The van der Waals surface area contributed by atoms with Crippen LogP contribution < -0.4 is 4.74 Å². The van der Waals surface area contributed by atoms with E-state index in [0.717, 1.165) is 11.7 Å². The minimum Gasteiger partial charge on any atom is -0.457 e. The number of fused-ring (bicyclic) bond motifs is 3. The molecule has 152 valence electrons. The lowest BCUT2D eigenvalue weighted by molar-refractivity contribution is -0.140. The van der Waals surface area contributed by atoms with Crippen molar-refractivity contribution in [3.05, 3.63) is 66.1 Å². The highest BCUT2D eigenvalue weighted by atomic mass is 19.4. The van der Waals surface area contributed by atoms with Gasteiger partial charge in [-0.1, -0.05) is 0 Å². The third kappa shape index (κ3) is 3.22. The summed E-state index contributed by atoms with van der Waals surface area (Å²) in [6.07, 6.45) is -1.89. The fourth-order valence-electron chi connectivity index (χ4n) is 3.36. The van der Waals surface area contributed by atoms with Crippen LogP contribution in [0, 0.1) is 11.3 Å². The molecule has 0 aliphatic rings. The van der Waals surface area contributed by atoms with E-state index in [1.54, 1.807) is 42.6 Å². The number of nitrogens with one attached hydrogen (secondary N) is 2. The Bertz CT molecular complexity index is 1460. The largest absolute Gasteiger partial charge is 0.457 e. The van der Waals surface area contributed by atoms with Crippen LogP contribution in [0.5, 0.6) is 11.5 Å². The van der Waals surface area contributed by atoms with Gasteiger partial charge >= 0.3 is 6.18 Å². The second-order valence-corrected chi connectivity index (χ2v) is 6.68. The molecule has 3 heterocycles. The molecule has 0 aliphatic heterocycles. The molecule has 10 heteroatoms. The molecule has 2 aromatic carbocycles. The van der Waals surface area contributed by atoms with E-state index in [9.17, 15) is 13.2 Å². The first-order chi connectivity index (χ1) is 14.9. The summed E-state index contributed by atoms with van der Waals surface area (Å²) in [4.78, 5) is 4.43. The summed E-state index contributed by atoms with van der Waals surface area (Å²) >= 11 is 0. The van der Waals surface area contributed by atoms with Crippen molar-refractivity contribution in [2.24, 2.45) is 0 Å². The molecule has 31 heavy (non-hydrogen) atoms. The Labute approximate surface area is 172 Å². The average Bonchev–Trinajstić information content (AvgIpc) is 3.43. The van der Waals surface area contributed by atoms with Crippen LogP contribution in [0.1, 0.15) is 11.3 Å². The summed E-state index contributed by atoms with van der Waals surface area (Å²) in [5, 5.41) is 22.8. The number of nitriles is 1. The zero-order valence-electron chi connectivity index (χ0n) is 15.5. The van der Waals surface area contributed by atoms with Crippen molar-refractivity contribution in [1.29, 1.82) is 5.26 Å². The van der Waals surface area contributed by atoms with Gasteiger partial charge in [0.25, 0.3) is 0 Å². The molecule has 2 N–H and O–H groups in total. The lowest BCUT2D eigenvalue weighted by atomic mass is 10.1. The normalized spacial score (nSPS) is 11.7. The number of hydrogen-bond acceptors (Lipinski definition) is 5. The monoisotopic (exact) mass is 420 g/mol. The molecule has 3 aromatic heterocycles. The Morgan fingerprint density at radius 1 is 1.06 bits per heavy atom. The first-order valence-corrected chi connectivity index (χ1v) is 9.00. The predicted octanol–water partition coefficient (Wildman–Crippen LogP) is 5.18. The number of H-pyrrole nitrogens is 2. The van der Waals surface area contributed by atoms with E-state index in [4.69, 9.17) is 10.00 Å². The van der Waals surface area contributed by atoms with Crippen molar-refractivity contribution in [3.8, 4) is 28.8 Å². The molecule has 0 radical (unpaired) electrons. The van der Waals surface area contributed by atoms with Crippen LogP contribution in [0.25, 0.3) is 33.1 Å². The van der Waals surface area contributed by atoms with E-state index in [1.165, 1.54) is 6.07 Å². The lowest BCUT2D eigenvalue weighted by Gasteiger charge is -2.13. The smallest absolute Gasteiger partial charge is 0.435 e. The molecule has 0 amide bonds. The van der Waals surface area contributed by atoms with Gasteiger partial charge in [0.2, 0.25) is 0 Å². The van der Waals surface area contributed by atoms with Crippen LogP contribution >= 0.6 is 0 Å². The van der Waals surface area contributed by atoms with Crippen molar-refractivity contribution in [2.75, 3.05) is 0 Å². The molecular weight excluding hydrogens is 409 g/mol. The molecule has 7 nitrogen and oxygen atoms in total. The summed E-state index contributed by atoms with van der Waals surface area (Å²) in [6, 6.07) is 13.3. The first kappa shape index (κ1) is 18.6. The van der Waals surface area contributed by atoms with Crippen LogP contribution in [-0.4, -0.2) is 25.4 Å². The van der Waals surface area contributed by atoms with E-state index in [1.807, 2.05) is 6.07 Å². The number of aromatic nitrogens is 5. The number of pyridine rings is 1. The standard InChI is InChI=1S/C21H11F3N6O/c22-21(23,24)20-14(10-27-30-20)17-7-18(31-12-3-1-11(8-25)2-4-12)19-13-9-26-29-15(13)5-6-16(19)28-17/h1-7,9-10H,(H,26,29)(H,27,30). The fourth-order valence-corrected chi connectivity index (χ4v) is 3.36. The number of rotatable bonds is 3. The van der Waals surface area contributed by atoms with E-state index >= 15 is 0 Å². The highest BCUT2D eigenvalue weighted by Gasteiger charge is 2.37. The SMILES string of the molecule is N#Cc1ccc(Oc2cc(-c3c[nH]nc3C(F)(F)F)nc3ccc4[nH]ncc4c23)cc1. The van der Waals surface area contributed by atoms with Gasteiger partial charge in [-0.3, -0.25) is 10.2 Å². The maximum absolute atomic E-state index is 13.4. The van der Waals surface area contributed by atoms with Crippen LogP contribution in [0.4, 0.5) is 13.2 Å². The van der Waals surface area contributed by atoms with Gasteiger partial charge in [0, 0.05) is 17.6 Å². The van der Waals surface area contributed by atoms with Crippen LogP contribution in [0.15, 0.2) is 54.9 Å². The molecule has 0 spiro atoms. The Morgan fingerprint density at radius 2 is 1.87 bits per heavy atom. The second kappa shape index (κ2) is 6.84. The van der Waals surface area contributed by atoms with Gasteiger partial charge in [-0.2, -0.15) is 28.6 Å². The van der Waals surface area contributed by atoms with Crippen molar-refractivity contribution < 1.29 is 17.9 Å². The van der Waals surface area contributed by atoms with Gasteiger partial charge in [0.1, 0.15) is 11.5 Å². The molecule has 0 saturated heterocycles. The number of alkyl halides is 3. The summed E-state index contributed by atoms with van der Waals surface area (Å²) in [6.45, 7) is 0. The number of benzene rings is 2. The number of aromatic amines is 2. The summed E-state index contributed by atoms with van der Waals surface area (Å²) < 4.78 is 46.2. The average molecular weight is 420 g/mol. The molecule has 0 unspecified atom stereocenters. The highest BCUT2D eigenvalue weighted by molar-refractivity contribution is 6.08. The van der Waals surface area contributed by atoms with Gasteiger partial charge in [-0.15, -0.1) is 0 Å². The topological polar surface area (TPSA) is 103 Å². The molecule has 0 bridgehead atoms. The van der Waals surface area contributed by atoms with Crippen molar-refractivity contribution >= 4 is 21.8 Å². The molecule has 0 aliphatic carbocycles. The lowest BCUT2D eigenvalue weighted by Crippen LogP contribution is -2.07. The number of ether oxygens (including phenoxy) is 1. The van der Waals surface area contributed by atoms with Crippen molar-refractivity contribution in [3.63, 3.8) is 0 Å². The first-order valence-electron chi connectivity index (χ1n) is 9.00. The number of halogens is 3. The fraction of sp³-hybridized carbons (Fsp3) is 0.0476. The molecule has 0 atom stereocenters. The van der Waals surface area contributed by atoms with Crippen LogP contribution in [0.3, 0.4) is 0 Å². The van der Waals surface area contributed by atoms with Gasteiger partial charge in [-0.05, 0) is 36.4 Å². The zero-order chi connectivity index (χ0) is 21.6. The zero-order valence-corrected chi connectivity index (χ0v) is 15.5. The Morgan fingerprint density at radius 3 is 2.61 bits per heavy atom. The summed E-state index contributed by atoms with van der Waals surface area (Å²) in [5.74, 6) is 0.715. The second-order valence-electron chi connectivity index (χ2n) is 6.68. The third-order valence-corrected chi connectivity index (χ3v) is 4.75. The number of nitrogens with zero attached hydrogens (tertiary/aromatic N) is 4. The third-order valence-electron chi connectivity index (χ3n) is 4.75. The van der Waals surface area contributed by atoms with E-state index in [0.29, 0.717) is 33.4 Å². The number of hydrogen-bond donors (Lipinski definition) is 2. The Balaban J connectivity index is 1.74. The van der Waals surface area contributed by atoms with Crippen molar-refractivity contribution in [1.82, 2.24) is 25.4 Å². The van der Waals surface area contributed by atoms with Crippen LogP contribution in [-0.2, 0) is 6.18 Å². The quantitative estimate of drug-likeness (QED) is 0.418. The minimum atomic E-state index is -4.64. The molecule has 0 saturated carbocycles. The maximum Gasteiger partial charge on any atom is 0.435 e. The van der Waals surface area contributed by atoms with E-state index in [2.05, 4.69) is 25.4 Å². The van der Waals surface area contributed by atoms with Gasteiger partial charge in [0.05, 0.1) is 45.5 Å². The minimum absolute atomic E-state index is 0.0556. The Kier molecular flexibility index (Phi) is 4.11. The van der Waals surface area contributed by atoms with Gasteiger partial charge in [-0.25, -0.2) is 4.98 Å². The van der Waals surface area contributed by atoms with E-state index < -0.39 is 11.9 Å². The maximum atomic E-state index is 13.4. The molecule has 0 fully saturated rings. The Hall–Kier alpha value is -4.39. The molecule has 5 rings (SSSR count). The molecular formula is C21H11F3N6O. The van der Waals surface area contributed by atoms with Gasteiger partial charge in [0.15, 0.2) is 5.69 Å². The summed E-state index contributed by atoms with van der Waals surface area (Å²) in [7, 11) is 0. The summed E-state index contributed by atoms with van der Waals surface area (Å²) in [5.41, 5.74) is 0.424. The van der Waals surface area contributed by atoms with Crippen LogP contribution in [0.2, 0.25) is 0 Å². The highest BCUT2D eigenvalue weighted by Crippen LogP contribution is 2.40. The van der Waals surface area contributed by atoms with E-state index in [-0.39, 0.29) is 11.3 Å². The van der Waals surface area contributed by atoms with Gasteiger partial charge < -0.3 is 4.74 Å². The molecule has 5 aromatic rings.